The predicted molar refractivity (Wildman–Crippen MR) is 114 cm³/mol. The fraction of sp³-hybridized carbons (Fsp3) is 0.200. The Morgan fingerprint density at radius 3 is 2.58 bits per heavy atom. The van der Waals surface area contributed by atoms with E-state index in [-0.39, 0.29) is 19.0 Å². The third-order valence-electron chi connectivity index (χ3n) is 5.81. The largest absolute Gasteiger partial charge is 0.454 e. The highest BCUT2D eigenvalue weighted by Gasteiger charge is 2.50. The zero-order valence-corrected chi connectivity index (χ0v) is 17.0. The van der Waals surface area contributed by atoms with Crippen molar-refractivity contribution in [2.24, 2.45) is 0 Å². The van der Waals surface area contributed by atoms with Gasteiger partial charge in [-0.2, -0.15) is 0 Å². The van der Waals surface area contributed by atoms with E-state index in [1.807, 2.05) is 37.3 Å². The third-order valence-corrected chi connectivity index (χ3v) is 5.81. The highest BCUT2D eigenvalue weighted by Crippen LogP contribution is 2.44. The van der Waals surface area contributed by atoms with E-state index in [2.05, 4.69) is 0 Å². The van der Waals surface area contributed by atoms with E-state index in [0.29, 0.717) is 34.9 Å². The average molecular weight is 415 g/mol. The van der Waals surface area contributed by atoms with Gasteiger partial charge >= 0.3 is 0 Å². The number of hydrogen-bond acceptors (Lipinski definition) is 5. The molecule has 6 nitrogen and oxygen atoms in total. The van der Waals surface area contributed by atoms with Crippen LogP contribution in [0, 0.1) is 6.92 Å². The molecule has 0 spiro atoms. The van der Waals surface area contributed by atoms with Crippen LogP contribution in [-0.2, 0) is 16.9 Å². The first-order chi connectivity index (χ1) is 15.0. The van der Waals surface area contributed by atoms with Gasteiger partial charge in [0.05, 0.1) is 18.7 Å². The molecular formula is C25H21NO5. The van der Waals surface area contributed by atoms with Crippen molar-refractivity contribution in [1.29, 1.82) is 0 Å². The second-order valence-corrected chi connectivity index (χ2v) is 7.92. The average Bonchev–Trinajstić information content (AvgIpc) is 3.32. The van der Waals surface area contributed by atoms with Crippen molar-refractivity contribution in [3.8, 4) is 11.5 Å². The Labute approximate surface area is 179 Å². The number of carbonyl (C=O) groups is 2. The van der Waals surface area contributed by atoms with Crippen molar-refractivity contribution < 1.29 is 24.2 Å². The van der Waals surface area contributed by atoms with Gasteiger partial charge in [-0.1, -0.05) is 48.0 Å². The summed E-state index contributed by atoms with van der Waals surface area (Å²) in [5.74, 6) is 0.211. The molecule has 0 unspecified atom stereocenters. The zero-order valence-electron chi connectivity index (χ0n) is 17.0. The van der Waals surface area contributed by atoms with Crippen molar-refractivity contribution in [1.82, 2.24) is 0 Å². The number of rotatable bonds is 5. The van der Waals surface area contributed by atoms with Gasteiger partial charge in [0, 0.05) is 11.1 Å². The molecule has 0 saturated carbocycles. The molecule has 2 aliphatic rings. The number of ketones is 1. The molecule has 0 aliphatic carbocycles. The fourth-order valence-electron chi connectivity index (χ4n) is 4.11. The van der Waals surface area contributed by atoms with Crippen LogP contribution in [0.25, 0.3) is 0 Å². The van der Waals surface area contributed by atoms with Gasteiger partial charge < -0.3 is 19.5 Å². The second-order valence-electron chi connectivity index (χ2n) is 7.92. The van der Waals surface area contributed by atoms with E-state index < -0.39 is 11.5 Å². The van der Waals surface area contributed by atoms with E-state index in [1.165, 1.54) is 0 Å². The number of nitrogens with zero attached hydrogens (tertiary/aromatic N) is 1. The Morgan fingerprint density at radius 1 is 1.03 bits per heavy atom. The van der Waals surface area contributed by atoms with Crippen molar-refractivity contribution in [2.75, 3.05) is 11.7 Å². The quantitative estimate of drug-likeness (QED) is 0.643. The van der Waals surface area contributed by atoms with Gasteiger partial charge in [-0.25, -0.2) is 0 Å². The van der Waals surface area contributed by atoms with Gasteiger partial charge in [-0.3, -0.25) is 9.59 Å². The summed E-state index contributed by atoms with van der Waals surface area (Å²) in [5.41, 5.74) is 1.58. The number of carbonyl (C=O) groups excluding carboxylic acids is 2. The number of Topliss-reactive ketones (excluding diaryl/α,β-unsaturated/α-hetero) is 1. The lowest BCUT2D eigenvalue weighted by atomic mass is 9.88. The smallest absolute Gasteiger partial charge is 0.264 e. The maximum Gasteiger partial charge on any atom is 0.264 e. The first-order valence-corrected chi connectivity index (χ1v) is 10.1. The van der Waals surface area contributed by atoms with Crippen LogP contribution in [0.3, 0.4) is 0 Å². The maximum atomic E-state index is 13.4. The van der Waals surface area contributed by atoms with Gasteiger partial charge in [0.15, 0.2) is 22.9 Å². The van der Waals surface area contributed by atoms with Crippen LogP contribution in [0.5, 0.6) is 11.5 Å². The third kappa shape index (κ3) is 3.25. The summed E-state index contributed by atoms with van der Waals surface area (Å²) in [6, 6.07) is 19.8. The molecule has 5 rings (SSSR count). The van der Waals surface area contributed by atoms with E-state index in [1.54, 1.807) is 41.3 Å². The molecule has 0 fully saturated rings. The lowest BCUT2D eigenvalue weighted by Crippen LogP contribution is -2.41. The zero-order chi connectivity index (χ0) is 21.6. The minimum absolute atomic E-state index is 0.108. The molecule has 0 aromatic heterocycles. The molecular weight excluding hydrogens is 394 g/mol. The minimum Gasteiger partial charge on any atom is -0.454 e. The van der Waals surface area contributed by atoms with Crippen molar-refractivity contribution in [2.45, 2.75) is 25.5 Å². The second kappa shape index (κ2) is 7.25. The monoisotopic (exact) mass is 415 g/mol. The Hall–Kier alpha value is -3.64. The molecule has 6 heteroatoms. The van der Waals surface area contributed by atoms with Gasteiger partial charge in [-0.15, -0.1) is 0 Å². The molecule has 0 bridgehead atoms. The fourth-order valence-corrected chi connectivity index (χ4v) is 4.11. The van der Waals surface area contributed by atoms with E-state index >= 15 is 0 Å². The standard InChI is InChI=1S/C25H21NO5/c1-16-6-8-17(9-7-16)14-26-20-5-3-2-4-19(20)25(29,24(26)28)13-21(27)18-10-11-22-23(12-18)31-15-30-22/h2-12,29H,13-15H2,1H3/t25-/m0/s1. The van der Waals surface area contributed by atoms with E-state index in [9.17, 15) is 14.7 Å². The van der Waals surface area contributed by atoms with Crippen molar-refractivity contribution in [3.63, 3.8) is 0 Å². The number of anilines is 1. The number of benzene rings is 3. The molecule has 156 valence electrons. The first kappa shape index (κ1) is 19.3. The Morgan fingerprint density at radius 2 is 1.77 bits per heavy atom. The minimum atomic E-state index is -1.92. The lowest BCUT2D eigenvalue weighted by molar-refractivity contribution is -0.136. The normalized spacial score (nSPS) is 18.9. The molecule has 0 radical (unpaired) electrons. The van der Waals surface area contributed by atoms with Crippen LogP contribution in [0.2, 0.25) is 0 Å². The summed E-state index contributed by atoms with van der Waals surface area (Å²) in [4.78, 5) is 28.0. The summed E-state index contributed by atoms with van der Waals surface area (Å²) in [5, 5.41) is 11.5. The summed E-state index contributed by atoms with van der Waals surface area (Å²) in [6.07, 6.45) is -0.354. The summed E-state index contributed by atoms with van der Waals surface area (Å²) >= 11 is 0. The predicted octanol–water partition coefficient (Wildman–Crippen LogP) is 3.73. The van der Waals surface area contributed by atoms with Gasteiger partial charge in [0.25, 0.3) is 5.91 Å². The Kier molecular flexibility index (Phi) is 4.52. The maximum absolute atomic E-state index is 13.4. The van der Waals surface area contributed by atoms with Crippen LogP contribution in [0.15, 0.2) is 66.7 Å². The highest BCUT2D eigenvalue weighted by molar-refractivity contribution is 6.10. The van der Waals surface area contributed by atoms with Gasteiger partial charge in [0.1, 0.15) is 0 Å². The first-order valence-electron chi connectivity index (χ1n) is 10.1. The summed E-state index contributed by atoms with van der Waals surface area (Å²) < 4.78 is 10.6. The molecule has 0 saturated heterocycles. The van der Waals surface area contributed by atoms with Crippen molar-refractivity contribution in [3.05, 3.63) is 89.0 Å². The van der Waals surface area contributed by atoms with Gasteiger partial charge in [0.2, 0.25) is 6.79 Å². The number of amides is 1. The van der Waals surface area contributed by atoms with Crippen LogP contribution in [0.1, 0.15) is 33.5 Å². The molecule has 3 aromatic carbocycles. The van der Waals surface area contributed by atoms with Crippen LogP contribution >= 0.6 is 0 Å². The van der Waals surface area contributed by atoms with E-state index in [0.717, 1.165) is 11.1 Å². The summed E-state index contributed by atoms with van der Waals surface area (Å²) in [6.45, 7) is 2.42. The topological polar surface area (TPSA) is 76.1 Å². The van der Waals surface area contributed by atoms with Crippen LogP contribution in [0.4, 0.5) is 5.69 Å². The molecule has 1 N–H and O–H groups in total. The molecule has 2 heterocycles. The number of aryl methyl sites for hydroxylation is 1. The molecule has 2 aliphatic heterocycles. The lowest BCUT2D eigenvalue weighted by Gasteiger charge is -2.23. The SMILES string of the molecule is Cc1ccc(CN2C(=O)[C@](O)(CC(=O)c3ccc4c(c3)OCO4)c3ccccc32)cc1. The highest BCUT2D eigenvalue weighted by atomic mass is 16.7. The Balaban J connectivity index is 1.45. The van der Waals surface area contributed by atoms with Gasteiger partial charge in [-0.05, 0) is 36.8 Å². The Bertz CT molecular complexity index is 1190. The summed E-state index contributed by atoms with van der Waals surface area (Å²) in [7, 11) is 0. The number of aliphatic hydroxyl groups is 1. The van der Waals surface area contributed by atoms with Crippen LogP contribution < -0.4 is 14.4 Å². The number of fused-ring (bicyclic) bond motifs is 2. The van der Waals surface area contributed by atoms with Crippen LogP contribution in [-0.4, -0.2) is 23.6 Å². The van der Waals surface area contributed by atoms with E-state index in [4.69, 9.17) is 9.47 Å². The van der Waals surface area contributed by atoms with Crippen molar-refractivity contribution >= 4 is 17.4 Å². The molecule has 1 amide bonds. The molecule has 1 atom stereocenters. The molecule has 31 heavy (non-hydrogen) atoms. The number of ether oxygens (including phenoxy) is 2. The molecule has 3 aromatic rings. The number of hydrogen-bond donors (Lipinski definition) is 1. The number of para-hydroxylation sites is 1.